The van der Waals surface area contributed by atoms with Gasteiger partial charge in [-0.05, 0) is 48.9 Å². The van der Waals surface area contributed by atoms with Gasteiger partial charge < -0.3 is 5.32 Å². The van der Waals surface area contributed by atoms with Crippen LogP contribution in [0.25, 0.3) is 0 Å². The Labute approximate surface area is 161 Å². The van der Waals surface area contributed by atoms with Crippen molar-refractivity contribution in [1.29, 1.82) is 0 Å². The zero-order valence-corrected chi connectivity index (χ0v) is 16.2. The first-order valence-corrected chi connectivity index (χ1v) is 11.6. The number of sulfone groups is 2. The SMILES string of the molecule is O=C(Nc1ccc(Cl)cc1)c1cc(S(=O)(=O)C2CCS(=O)(=O)C2)ccc1F. The molecule has 144 valence electrons. The summed E-state index contributed by atoms with van der Waals surface area (Å²) in [5, 5.41) is 1.82. The maximum absolute atomic E-state index is 14.1. The minimum Gasteiger partial charge on any atom is -0.322 e. The third-order valence-electron chi connectivity index (χ3n) is 4.24. The maximum atomic E-state index is 14.1. The van der Waals surface area contributed by atoms with Gasteiger partial charge >= 0.3 is 0 Å². The van der Waals surface area contributed by atoms with Crippen LogP contribution in [-0.2, 0) is 19.7 Å². The van der Waals surface area contributed by atoms with E-state index in [2.05, 4.69) is 5.32 Å². The van der Waals surface area contributed by atoms with Crippen molar-refractivity contribution in [2.45, 2.75) is 16.6 Å². The highest BCUT2D eigenvalue weighted by atomic mass is 35.5. The molecule has 2 aromatic carbocycles. The molecule has 1 amide bonds. The zero-order chi connectivity index (χ0) is 19.8. The van der Waals surface area contributed by atoms with Crippen LogP contribution in [0.1, 0.15) is 16.8 Å². The maximum Gasteiger partial charge on any atom is 0.258 e. The fourth-order valence-electron chi connectivity index (χ4n) is 2.79. The highest BCUT2D eigenvalue weighted by Crippen LogP contribution is 2.27. The van der Waals surface area contributed by atoms with Crippen LogP contribution in [0.4, 0.5) is 10.1 Å². The lowest BCUT2D eigenvalue weighted by Gasteiger charge is -2.12. The normalized spacial score (nSPS) is 19.0. The Balaban J connectivity index is 1.90. The van der Waals surface area contributed by atoms with Gasteiger partial charge in [-0.2, -0.15) is 0 Å². The first kappa shape index (κ1) is 19.8. The highest BCUT2D eigenvalue weighted by molar-refractivity contribution is 7.96. The average Bonchev–Trinajstić information content (AvgIpc) is 2.98. The van der Waals surface area contributed by atoms with E-state index in [-0.39, 0.29) is 17.1 Å². The summed E-state index contributed by atoms with van der Waals surface area (Å²) < 4.78 is 62.6. The minimum absolute atomic E-state index is 0.0195. The van der Waals surface area contributed by atoms with E-state index in [9.17, 15) is 26.0 Å². The Hall–Kier alpha value is -1.97. The van der Waals surface area contributed by atoms with Crippen molar-refractivity contribution in [2.75, 3.05) is 16.8 Å². The Morgan fingerprint density at radius 3 is 2.41 bits per heavy atom. The van der Waals surface area contributed by atoms with Gasteiger partial charge in [0.05, 0.1) is 27.2 Å². The van der Waals surface area contributed by atoms with Crippen LogP contribution in [0.15, 0.2) is 47.4 Å². The molecule has 1 unspecified atom stereocenters. The first-order chi connectivity index (χ1) is 12.6. The minimum atomic E-state index is -4.00. The van der Waals surface area contributed by atoms with E-state index >= 15 is 0 Å². The molecule has 1 heterocycles. The predicted octanol–water partition coefficient (Wildman–Crippen LogP) is 2.69. The molecule has 1 atom stereocenters. The van der Waals surface area contributed by atoms with Gasteiger partial charge in [-0.25, -0.2) is 21.2 Å². The molecular weight excluding hydrogens is 417 g/mol. The number of nitrogens with one attached hydrogen (secondary N) is 1. The van der Waals surface area contributed by atoms with Crippen molar-refractivity contribution in [2.24, 2.45) is 0 Å². The van der Waals surface area contributed by atoms with Crippen LogP contribution >= 0.6 is 11.6 Å². The first-order valence-electron chi connectivity index (χ1n) is 7.89. The number of hydrogen-bond donors (Lipinski definition) is 1. The summed E-state index contributed by atoms with van der Waals surface area (Å²) in [4.78, 5) is 12.1. The number of hydrogen-bond acceptors (Lipinski definition) is 5. The number of anilines is 1. The quantitative estimate of drug-likeness (QED) is 0.750. The van der Waals surface area contributed by atoms with Crippen molar-refractivity contribution in [3.63, 3.8) is 0 Å². The molecule has 0 bridgehead atoms. The zero-order valence-electron chi connectivity index (χ0n) is 13.9. The molecule has 0 spiro atoms. The molecule has 0 aliphatic carbocycles. The van der Waals surface area contributed by atoms with Crippen LogP contribution in [0, 0.1) is 5.82 Å². The second-order valence-corrected chi connectivity index (χ2v) is 11.1. The van der Waals surface area contributed by atoms with Gasteiger partial charge in [-0.3, -0.25) is 4.79 Å². The number of rotatable bonds is 4. The van der Waals surface area contributed by atoms with Crippen molar-refractivity contribution in [1.82, 2.24) is 0 Å². The number of carbonyl (C=O) groups is 1. The highest BCUT2D eigenvalue weighted by Gasteiger charge is 2.38. The van der Waals surface area contributed by atoms with Crippen molar-refractivity contribution in [3.8, 4) is 0 Å². The third-order valence-corrected chi connectivity index (χ3v) is 8.66. The fourth-order valence-corrected chi connectivity index (χ4v) is 7.30. The van der Waals surface area contributed by atoms with Crippen LogP contribution < -0.4 is 5.32 Å². The predicted molar refractivity (Wildman–Crippen MR) is 100 cm³/mol. The van der Waals surface area contributed by atoms with Crippen LogP contribution in [0.5, 0.6) is 0 Å². The summed E-state index contributed by atoms with van der Waals surface area (Å²) in [6.07, 6.45) is -0.0195. The third kappa shape index (κ3) is 4.31. The van der Waals surface area contributed by atoms with Gasteiger partial charge in [0.25, 0.3) is 5.91 Å². The monoisotopic (exact) mass is 431 g/mol. The van der Waals surface area contributed by atoms with Crippen molar-refractivity contribution < 1.29 is 26.0 Å². The lowest BCUT2D eigenvalue weighted by molar-refractivity contribution is 0.102. The molecule has 1 N–H and O–H groups in total. The number of halogens is 2. The molecule has 1 fully saturated rings. The summed E-state index contributed by atoms with van der Waals surface area (Å²) in [5.74, 6) is -2.40. The van der Waals surface area contributed by atoms with Crippen LogP contribution in [-0.4, -0.2) is 39.5 Å². The molecule has 27 heavy (non-hydrogen) atoms. The molecular formula is C17H15ClFNO5S2. The Kier molecular flexibility index (Phi) is 5.29. The van der Waals surface area contributed by atoms with Crippen molar-refractivity contribution in [3.05, 3.63) is 58.9 Å². The molecule has 10 heteroatoms. The van der Waals surface area contributed by atoms with Gasteiger partial charge in [0.1, 0.15) is 5.82 Å². The standard InChI is InChI=1S/C17H15ClFNO5S2/c18-11-1-3-12(4-2-11)20-17(21)15-9-13(5-6-16(15)19)27(24,25)14-7-8-26(22,23)10-14/h1-6,9,14H,7-8,10H2,(H,20,21). The van der Waals surface area contributed by atoms with E-state index in [0.29, 0.717) is 10.7 Å². The van der Waals surface area contributed by atoms with Gasteiger partial charge in [0.15, 0.2) is 19.7 Å². The topological polar surface area (TPSA) is 97.4 Å². The lowest BCUT2D eigenvalue weighted by atomic mass is 10.2. The molecule has 1 aliphatic heterocycles. The Bertz CT molecular complexity index is 1100. The van der Waals surface area contributed by atoms with E-state index in [1.807, 2.05) is 0 Å². The summed E-state index contributed by atoms with van der Waals surface area (Å²) in [5.41, 5.74) is -0.0918. The molecule has 0 radical (unpaired) electrons. The average molecular weight is 432 g/mol. The van der Waals surface area contributed by atoms with Gasteiger partial charge in [0, 0.05) is 10.7 Å². The largest absolute Gasteiger partial charge is 0.322 e. The van der Waals surface area contributed by atoms with Gasteiger partial charge in [-0.1, -0.05) is 11.6 Å². The van der Waals surface area contributed by atoms with E-state index in [4.69, 9.17) is 11.6 Å². The van der Waals surface area contributed by atoms with Gasteiger partial charge in [0.2, 0.25) is 0 Å². The van der Waals surface area contributed by atoms with E-state index in [0.717, 1.165) is 18.2 Å². The Morgan fingerprint density at radius 2 is 1.81 bits per heavy atom. The van der Waals surface area contributed by atoms with E-state index in [1.165, 1.54) is 24.3 Å². The molecule has 1 aliphatic rings. The number of amides is 1. The second-order valence-electron chi connectivity index (χ2n) is 6.17. The molecule has 6 nitrogen and oxygen atoms in total. The summed E-state index contributed by atoms with van der Waals surface area (Å²) in [6, 6.07) is 8.96. The van der Waals surface area contributed by atoms with Crippen LogP contribution in [0.3, 0.4) is 0 Å². The van der Waals surface area contributed by atoms with E-state index in [1.54, 1.807) is 0 Å². The summed E-state index contributed by atoms with van der Waals surface area (Å²) in [7, 11) is -7.41. The molecule has 1 saturated heterocycles. The van der Waals surface area contributed by atoms with Crippen molar-refractivity contribution >= 4 is 42.9 Å². The van der Waals surface area contributed by atoms with E-state index < -0.39 is 48.0 Å². The fraction of sp³-hybridized carbons (Fsp3) is 0.235. The van der Waals surface area contributed by atoms with Gasteiger partial charge in [-0.15, -0.1) is 0 Å². The second kappa shape index (κ2) is 7.21. The summed E-state index contributed by atoms with van der Waals surface area (Å²) in [6.45, 7) is 0. The van der Waals surface area contributed by atoms with Crippen LogP contribution in [0.2, 0.25) is 5.02 Å². The number of carbonyl (C=O) groups excluding carboxylic acids is 1. The molecule has 3 rings (SSSR count). The smallest absolute Gasteiger partial charge is 0.258 e. The Morgan fingerprint density at radius 1 is 1.15 bits per heavy atom. The summed E-state index contributed by atoms with van der Waals surface area (Å²) >= 11 is 5.76. The lowest BCUT2D eigenvalue weighted by Crippen LogP contribution is -2.23. The number of benzene rings is 2. The molecule has 0 saturated carbocycles. The molecule has 2 aromatic rings. The molecule has 0 aromatic heterocycles.